The number of ether oxygens (including phenoxy) is 1. The van der Waals surface area contributed by atoms with E-state index in [1.54, 1.807) is 0 Å². The lowest BCUT2D eigenvalue weighted by molar-refractivity contribution is -0.121. The van der Waals surface area contributed by atoms with Crippen molar-refractivity contribution in [3.63, 3.8) is 0 Å². The normalized spacial score (nSPS) is 15.1. The summed E-state index contributed by atoms with van der Waals surface area (Å²) in [5.74, 6) is 1.56. The third-order valence-electron chi connectivity index (χ3n) is 2.90. The van der Waals surface area contributed by atoms with Crippen molar-refractivity contribution in [3.8, 4) is 5.75 Å². The minimum atomic E-state index is 0.173. The Labute approximate surface area is 90.3 Å². The van der Waals surface area contributed by atoms with Gasteiger partial charge in [0.1, 0.15) is 12.4 Å². The van der Waals surface area contributed by atoms with Gasteiger partial charge in [0.15, 0.2) is 5.78 Å². The monoisotopic (exact) mass is 204 g/mol. The van der Waals surface area contributed by atoms with Crippen LogP contribution >= 0.6 is 0 Å². The summed E-state index contributed by atoms with van der Waals surface area (Å²) in [5.41, 5.74) is 3.45. The molecule has 0 saturated heterocycles. The Morgan fingerprint density at radius 3 is 2.73 bits per heavy atom. The highest BCUT2D eigenvalue weighted by Gasteiger charge is 2.22. The molecule has 0 bridgehead atoms. The third kappa shape index (κ3) is 1.76. The first-order chi connectivity index (χ1) is 7.09. The van der Waals surface area contributed by atoms with Crippen molar-refractivity contribution in [2.45, 2.75) is 33.1 Å². The molecule has 15 heavy (non-hydrogen) atoms. The number of hydrogen-bond donors (Lipinski definition) is 0. The first-order valence-corrected chi connectivity index (χ1v) is 5.36. The highest BCUT2D eigenvalue weighted by atomic mass is 16.5. The summed E-state index contributed by atoms with van der Waals surface area (Å²) < 4.78 is 5.56. The molecule has 0 atom stereocenters. The number of aryl methyl sites for hydroxylation is 1. The lowest BCUT2D eigenvalue weighted by atomic mass is 9.92. The van der Waals surface area contributed by atoms with E-state index in [-0.39, 0.29) is 12.4 Å². The molecular weight excluding hydrogens is 188 g/mol. The zero-order chi connectivity index (χ0) is 11.0. The molecule has 2 heteroatoms. The van der Waals surface area contributed by atoms with Crippen LogP contribution in [0.2, 0.25) is 0 Å². The number of carbonyl (C=O) groups excluding carboxylic acids is 1. The molecule has 0 unspecified atom stereocenters. The van der Waals surface area contributed by atoms with Gasteiger partial charge in [0.2, 0.25) is 0 Å². The second-order valence-electron chi connectivity index (χ2n) is 4.44. The Bertz CT molecular complexity index is 405. The molecular formula is C13H16O2. The van der Waals surface area contributed by atoms with Gasteiger partial charge >= 0.3 is 0 Å². The molecule has 0 fully saturated rings. The molecule has 1 heterocycles. The second-order valence-corrected chi connectivity index (χ2v) is 4.44. The minimum absolute atomic E-state index is 0.173. The minimum Gasteiger partial charge on any atom is -0.485 e. The van der Waals surface area contributed by atoms with Crippen LogP contribution in [0.25, 0.3) is 0 Å². The molecule has 80 valence electrons. The van der Waals surface area contributed by atoms with E-state index in [0.717, 1.165) is 16.9 Å². The number of hydrogen-bond acceptors (Lipinski definition) is 2. The number of fused-ring (bicyclic) bond motifs is 1. The number of rotatable bonds is 1. The van der Waals surface area contributed by atoms with Crippen LogP contribution in [0, 0.1) is 6.92 Å². The molecule has 1 aliphatic rings. The largest absolute Gasteiger partial charge is 0.485 e. The Balaban J connectivity index is 2.55. The van der Waals surface area contributed by atoms with E-state index in [9.17, 15) is 4.79 Å². The molecule has 1 aromatic carbocycles. The summed E-state index contributed by atoms with van der Waals surface area (Å²) in [5, 5.41) is 0. The van der Waals surface area contributed by atoms with E-state index < -0.39 is 0 Å². The summed E-state index contributed by atoms with van der Waals surface area (Å²) in [6.07, 6.45) is 0.529. The molecule has 0 saturated carbocycles. The predicted molar refractivity (Wildman–Crippen MR) is 59.5 cm³/mol. The molecule has 0 spiro atoms. The molecule has 0 aliphatic carbocycles. The van der Waals surface area contributed by atoms with Gasteiger partial charge in [-0.2, -0.15) is 0 Å². The summed E-state index contributed by atoms with van der Waals surface area (Å²) in [6.45, 7) is 6.55. The maximum absolute atomic E-state index is 11.3. The topological polar surface area (TPSA) is 26.3 Å². The number of Topliss-reactive ketones (excluding diaryl/α,β-unsaturated/α-hetero) is 1. The van der Waals surface area contributed by atoms with Crippen molar-refractivity contribution >= 4 is 5.78 Å². The lowest BCUT2D eigenvalue weighted by Crippen LogP contribution is -2.22. The van der Waals surface area contributed by atoms with Gasteiger partial charge < -0.3 is 4.74 Å². The average molecular weight is 204 g/mol. The van der Waals surface area contributed by atoms with Gasteiger partial charge in [-0.1, -0.05) is 26.0 Å². The van der Waals surface area contributed by atoms with Gasteiger partial charge in [-0.25, -0.2) is 0 Å². The predicted octanol–water partition coefficient (Wildman–Crippen LogP) is 2.62. The van der Waals surface area contributed by atoms with Crippen LogP contribution in [0.4, 0.5) is 0 Å². The second kappa shape index (κ2) is 3.69. The van der Waals surface area contributed by atoms with Crippen LogP contribution in [-0.2, 0) is 11.2 Å². The number of ketones is 1. The van der Waals surface area contributed by atoms with Crippen LogP contribution in [-0.4, -0.2) is 12.4 Å². The van der Waals surface area contributed by atoms with E-state index in [0.29, 0.717) is 12.3 Å². The Morgan fingerprint density at radius 1 is 1.33 bits per heavy atom. The van der Waals surface area contributed by atoms with Gasteiger partial charge in [0.25, 0.3) is 0 Å². The molecule has 0 amide bonds. The van der Waals surface area contributed by atoms with Crippen LogP contribution in [0.1, 0.15) is 36.5 Å². The fourth-order valence-electron chi connectivity index (χ4n) is 1.99. The van der Waals surface area contributed by atoms with Crippen LogP contribution in [0.5, 0.6) is 5.75 Å². The van der Waals surface area contributed by atoms with Crippen molar-refractivity contribution in [3.05, 3.63) is 28.8 Å². The molecule has 2 rings (SSSR count). The molecule has 0 aromatic heterocycles. The van der Waals surface area contributed by atoms with Gasteiger partial charge in [0.05, 0.1) is 0 Å². The Kier molecular flexibility index (Phi) is 2.51. The van der Waals surface area contributed by atoms with Crippen molar-refractivity contribution in [2.75, 3.05) is 6.61 Å². The van der Waals surface area contributed by atoms with Crippen LogP contribution in [0.3, 0.4) is 0 Å². The van der Waals surface area contributed by atoms with Crippen LogP contribution < -0.4 is 4.74 Å². The Hall–Kier alpha value is -1.31. The molecule has 0 N–H and O–H groups in total. The highest BCUT2D eigenvalue weighted by molar-refractivity contribution is 5.85. The molecule has 1 aliphatic heterocycles. The zero-order valence-electron chi connectivity index (χ0n) is 9.46. The van der Waals surface area contributed by atoms with Crippen molar-refractivity contribution in [2.24, 2.45) is 0 Å². The zero-order valence-corrected chi connectivity index (χ0v) is 9.46. The number of benzene rings is 1. The summed E-state index contributed by atoms with van der Waals surface area (Å²) in [6, 6.07) is 4.19. The van der Waals surface area contributed by atoms with Crippen molar-refractivity contribution < 1.29 is 9.53 Å². The first kappa shape index (κ1) is 10.2. The fourth-order valence-corrected chi connectivity index (χ4v) is 1.99. The van der Waals surface area contributed by atoms with Gasteiger partial charge in [-0.05, 0) is 24.0 Å². The quantitative estimate of drug-likeness (QED) is 0.703. The lowest BCUT2D eigenvalue weighted by Gasteiger charge is -2.23. The smallest absolute Gasteiger partial charge is 0.174 e. The van der Waals surface area contributed by atoms with E-state index in [2.05, 4.69) is 26.0 Å². The van der Waals surface area contributed by atoms with E-state index in [4.69, 9.17) is 4.74 Å². The highest BCUT2D eigenvalue weighted by Crippen LogP contribution is 2.34. The summed E-state index contributed by atoms with van der Waals surface area (Å²) in [4.78, 5) is 11.3. The fraction of sp³-hybridized carbons (Fsp3) is 0.462. The average Bonchev–Trinajstić information content (AvgIpc) is 2.19. The maximum Gasteiger partial charge on any atom is 0.174 e. The molecule has 1 aromatic rings. The Morgan fingerprint density at radius 2 is 2.07 bits per heavy atom. The first-order valence-electron chi connectivity index (χ1n) is 5.36. The number of carbonyl (C=O) groups is 1. The van der Waals surface area contributed by atoms with E-state index >= 15 is 0 Å². The van der Waals surface area contributed by atoms with Gasteiger partial charge in [-0.3, -0.25) is 4.79 Å². The standard InChI is InChI=1S/C13H16O2/c1-8(2)11-5-4-9(3)12-6-10(14)7-15-13(11)12/h4-5,8H,6-7H2,1-3H3. The van der Waals surface area contributed by atoms with Gasteiger partial charge in [0, 0.05) is 12.0 Å². The van der Waals surface area contributed by atoms with Crippen molar-refractivity contribution in [1.82, 2.24) is 0 Å². The van der Waals surface area contributed by atoms with Gasteiger partial charge in [-0.15, -0.1) is 0 Å². The summed E-state index contributed by atoms with van der Waals surface area (Å²) >= 11 is 0. The summed E-state index contributed by atoms with van der Waals surface area (Å²) in [7, 11) is 0. The van der Waals surface area contributed by atoms with E-state index in [1.807, 2.05) is 6.92 Å². The SMILES string of the molecule is Cc1ccc(C(C)C)c2c1CC(=O)CO2. The molecule has 2 nitrogen and oxygen atoms in total. The van der Waals surface area contributed by atoms with E-state index in [1.165, 1.54) is 5.56 Å². The maximum atomic E-state index is 11.3. The van der Waals surface area contributed by atoms with Crippen LogP contribution in [0.15, 0.2) is 12.1 Å². The molecule has 0 radical (unpaired) electrons. The third-order valence-corrected chi connectivity index (χ3v) is 2.90. The van der Waals surface area contributed by atoms with Crippen molar-refractivity contribution in [1.29, 1.82) is 0 Å².